The molecule has 0 unspecified atom stereocenters. The van der Waals surface area contributed by atoms with Gasteiger partial charge in [0.05, 0.1) is 22.5 Å². The lowest BCUT2D eigenvalue weighted by Gasteiger charge is -2.33. The van der Waals surface area contributed by atoms with Gasteiger partial charge in [-0.25, -0.2) is 0 Å². The van der Waals surface area contributed by atoms with Crippen LogP contribution in [0.3, 0.4) is 0 Å². The summed E-state index contributed by atoms with van der Waals surface area (Å²) < 4.78 is 0. The number of nitrogens with zero attached hydrogens (tertiary/aromatic N) is 3. The Balaban J connectivity index is 1.29. The minimum Gasteiger partial charge on any atom is -0.353 e. The summed E-state index contributed by atoms with van der Waals surface area (Å²) in [5, 5.41) is 13.9. The molecule has 4 amide bonds. The Morgan fingerprint density at radius 3 is 2.33 bits per heavy atom. The van der Waals surface area contributed by atoms with Gasteiger partial charge in [-0.15, -0.1) is 0 Å². The number of rotatable bonds is 6. The number of carbonyl (C=O) groups is 4. The quantitative estimate of drug-likeness (QED) is 0.404. The number of nitrogens with one attached hydrogen (secondary N) is 1. The SMILES string of the molecule is O=C(Cc1ccccc1)NC1CCN(C(=O)CN2C(=O)c3ccc([N+](=O)[O-])cc3C2=O)CC1. The van der Waals surface area contributed by atoms with Crippen molar-refractivity contribution >= 4 is 29.3 Å². The summed E-state index contributed by atoms with van der Waals surface area (Å²) in [5.41, 5.74) is 0.619. The minimum absolute atomic E-state index is 0.0508. The highest BCUT2D eigenvalue weighted by molar-refractivity contribution is 6.22. The smallest absolute Gasteiger partial charge is 0.270 e. The third kappa shape index (κ3) is 4.74. The molecule has 1 saturated heterocycles. The first-order valence-corrected chi connectivity index (χ1v) is 10.6. The average molecular weight is 450 g/mol. The fourth-order valence-corrected chi connectivity index (χ4v) is 4.10. The zero-order chi connectivity index (χ0) is 23.5. The largest absolute Gasteiger partial charge is 0.353 e. The van der Waals surface area contributed by atoms with E-state index >= 15 is 0 Å². The summed E-state index contributed by atoms with van der Waals surface area (Å²) in [6.45, 7) is 0.360. The van der Waals surface area contributed by atoms with Crippen LogP contribution in [0.25, 0.3) is 0 Å². The lowest BCUT2D eigenvalue weighted by atomic mass is 10.0. The van der Waals surface area contributed by atoms with Gasteiger partial charge in [0.1, 0.15) is 6.54 Å². The first-order chi connectivity index (χ1) is 15.8. The van der Waals surface area contributed by atoms with E-state index in [2.05, 4.69) is 5.32 Å². The molecule has 0 radical (unpaired) electrons. The van der Waals surface area contributed by atoms with Crippen molar-refractivity contribution in [3.63, 3.8) is 0 Å². The molecular weight excluding hydrogens is 428 g/mol. The summed E-state index contributed by atoms with van der Waals surface area (Å²) in [6.07, 6.45) is 1.43. The van der Waals surface area contributed by atoms with E-state index < -0.39 is 23.3 Å². The third-order valence-corrected chi connectivity index (χ3v) is 5.88. The van der Waals surface area contributed by atoms with Crippen molar-refractivity contribution in [3.05, 3.63) is 75.3 Å². The zero-order valence-electron chi connectivity index (χ0n) is 17.7. The van der Waals surface area contributed by atoms with Gasteiger partial charge < -0.3 is 10.2 Å². The molecule has 0 bridgehead atoms. The Labute approximate surface area is 189 Å². The number of piperidine rings is 1. The van der Waals surface area contributed by atoms with Crippen LogP contribution in [-0.4, -0.2) is 64.0 Å². The summed E-state index contributed by atoms with van der Waals surface area (Å²) in [5.74, 6) is -1.81. The molecule has 0 atom stereocenters. The number of hydrogen-bond acceptors (Lipinski definition) is 6. The van der Waals surface area contributed by atoms with Crippen molar-refractivity contribution in [2.45, 2.75) is 25.3 Å². The Hall–Kier alpha value is -4.08. The van der Waals surface area contributed by atoms with E-state index in [0.717, 1.165) is 22.6 Å². The Morgan fingerprint density at radius 2 is 1.67 bits per heavy atom. The summed E-state index contributed by atoms with van der Waals surface area (Å²) in [7, 11) is 0. The number of fused-ring (bicyclic) bond motifs is 1. The molecular formula is C23H22N4O6. The van der Waals surface area contributed by atoms with Gasteiger partial charge in [-0.3, -0.25) is 34.2 Å². The Bertz CT molecular complexity index is 1130. The molecule has 2 aliphatic rings. The highest BCUT2D eigenvalue weighted by atomic mass is 16.6. The number of nitro groups is 1. The number of amides is 4. The average Bonchev–Trinajstić information content (AvgIpc) is 3.04. The lowest BCUT2D eigenvalue weighted by molar-refractivity contribution is -0.384. The molecule has 0 spiro atoms. The van der Waals surface area contributed by atoms with Gasteiger partial charge in [-0.2, -0.15) is 0 Å². The van der Waals surface area contributed by atoms with Crippen LogP contribution in [0.1, 0.15) is 39.1 Å². The molecule has 10 heteroatoms. The van der Waals surface area contributed by atoms with Gasteiger partial charge in [-0.05, 0) is 24.5 Å². The minimum atomic E-state index is -0.713. The molecule has 4 rings (SSSR count). The second kappa shape index (κ2) is 9.19. The highest BCUT2D eigenvalue weighted by Crippen LogP contribution is 2.27. The number of imide groups is 1. The van der Waals surface area contributed by atoms with Crippen LogP contribution in [0.2, 0.25) is 0 Å². The number of benzene rings is 2. The highest BCUT2D eigenvalue weighted by Gasteiger charge is 2.39. The normalized spacial score (nSPS) is 16.0. The lowest BCUT2D eigenvalue weighted by Crippen LogP contribution is -2.49. The van der Waals surface area contributed by atoms with E-state index in [1.807, 2.05) is 30.3 Å². The summed E-state index contributed by atoms with van der Waals surface area (Å²) >= 11 is 0. The van der Waals surface area contributed by atoms with Crippen molar-refractivity contribution in [2.24, 2.45) is 0 Å². The summed E-state index contributed by atoms with van der Waals surface area (Å²) in [6, 6.07) is 12.8. The number of non-ortho nitro benzene ring substituents is 1. The fourth-order valence-electron chi connectivity index (χ4n) is 4.10. The first kappa shape index (κ1) is 22.1. The number of nitro benzene ring substituents is 1. The predicted molar refractivity (Wildman–Crippen MR) is 116 cm³/mol. The van der Waals surface area contributed by atoms with Gasteiger partial charge in [0.2, 0.25) is 11.8 Å². The van der Waals surface area contributed by atoms with E-state index in [1.165, 1.54) is 6.07 Å². The summed E-state index contributed by atoms with van der Waals surface area (Å²) in [4.78, 5) is 62.8. The molecule has 2 aromatic carbocycles. The van der Waals surface area contributed by atoms with E-state index in [4.69, 9.17) is 0 Å². The predicted octanol–water partition coefficient (Wildman–Crippen LogP) is 1.54. The van der Waals surface area contributed by atoms with Crippen LogP contribution < -0.4 is 5.32 Å². The third-order valence-electron chi connectivity index (χ3n) is 5.88. The topological polar surface area (TPSA) is 130 Å². The van der Waals surface area contributed by atoms with E-state index in [-0.39, 0.29) is 41.1 Å². The monoisotopic (exact) mass is 450 g/mol. The second-order valence-corrected chi connectivity index (χ2v) is 8.07. The van der Waals surface area contributed by atoms with Crippen LogP contribution in [0.4, 0.5) is 5.69 Å². The van der Waals surface area contributed by atoms with Crippen molar-refractivity contribution in [2.75, 3.05) is 19.6 Å². The van der Waals surface area contributed by atoms with E-state index in [0.29, 0.717) is 25.9 Å². The van der Waals surface area contributed by atoms with Crippen molar-refractivity contribution in [1.82, 2.24) is 15.1 Å². The molecule has 0 aromatic heterocycles. The fraction of sp³-hybridized carbons (Fsp3) is 0.304. The van der Waals surface area contributed by atoms with Crippen molar-refractivity contribution in [3.8, 4) is 0 Å². The number of carbonyl (C=O) groups excluding carboxylic acids is 4. The molecule has 170 valence electrons. The number of likely N-dealkylation sites (tertiary alicyclic amines) is 1. The molecule has 2 heterocycles. The maximum Gasteiger partial charge on any atom is 0.270 e. The number of hydrogen-bond donors (Lipinski definition) is 1. The van der Waals surface area contributed by atoms with Gasteiger partial charge in [-0.1, -0.05) is 30.3 Å². The molecule has 0 aliphatic carbocycles. The molecule has 1 fully saturated rings. The van der Waals surface area contributed by atoms with Crippen molar-refractivity contribution < 1.29 is 24.1 Å². The van der Waals surface area contributed by atoms with Gasteiger partial charge in [0, 0.05) is 31.3 Å². The molecule has 10 nitrogen and oxygen atoms in total. The van der Waals surface area contributed by atoms with Crippen LogP contribution >= 0.6 is 0 Å². The maximum absolute atomic E-state index is 12.7. The maximum atomic E-state index is 12.7. The van der Waals surface area contributed by atoms with E-state index in [9.17, 15) is 29.3 Å². The standard InChI is InChI=1S/C23H22N4O6/c28-20(12-15-4-2-1-3-5-15)24-16-8-10-25(11-9-16)21(29)14-26-22(30)18-7-6-17(27(32)33)13-19(18)23(26)31/h1-7,13,16H,8-12,14H2,(H,24,28). The molecule has 1 N–H and O–H groups in total. The molecule has 2 aliphatic heterocycles. The van der Waals surface area contributed by atoms with Crippen LogP contribution in [-0.2, 0) is 16.0 Å². The first-order valence-electron chi connectivity index (χ1n) is 10.6. The van der Waals surface area contributed by atoms with Crippen LogP contribution in [0.15, 0.2) is 48.5 Å². The van der Waals surface area contributed by atoms with Gasteiger partial charge in [0.15, 0.2) is 0 Å². The zero-order valence-corrected chi connectivity index (χ0v) is 17.7. The van der Waals surface area contributed by atoms with E-state index in [1.54, 1.807) is 4.90 Å². The Morgan fingerprint density at radius 1 is 1.00 bits per heavy atom. The van der Waals surface area contributed by atoms with Gasteiger partial charge >= 0.3 is 0 Å². The Kier molecular flexibility index (Phi) is 6.16. The van der Waals surface area contributed by atoms with Crippen LogP contribution in [0.5, 0.6) is 0 Å². The van der Waals surface area contributed by atoms with Crippen LogP contribution in [0, 0.1) is 10.1 Å². The second-order valence-electron chi connectivity index (χ2n) is 8.07. The van der Waals surface area contributed by atoms with Gasteiger partial charge in [0.25, 0.3) is 17.5 Å². The molecule has 0 saturated carbocycles. The molecule has 2 aromatic rings. The molecule has 33 heavy (non-hydrogen) atoms. The van der Waals surface area contributed by atoms with Crippen molar-refractivity contribution in [1.29, 1.82) is 0 Å².